The second kappa shape index (κ2) is 7.26. The summed E-state index contributed by atoms with van der Waals surface area (Å²) in [5.74, 6) is -0.165. The Balaban J connectivity index is 1.96. The van der Waals surface area contributed by atoms with Gasteiger partial charge < -0.3 is 14.8 Å². The van der Waals surface area contributed by atoms with Crippen LogP contribution in [0.5, 0.6) is 5.75 Å². The molecular formula is C17H17NO4. The number of hydrogen-bond donors (Lipinski definition) is 1. The van der Waals surface area contributed by atoms with E-state index in [0.717, 1.165) is 11.3 Å². The molecule has 0 aromatic heterocycles. The molecule has 0 radical (unpaired) electrons. The number of ether oxygens (including phenoxy) is 2. The van der Waals surface area contributed by atoms with E-state index in [0.29, 0.717) is 11.3 Å². The second-order valence-corrected chi connectivity index (χ2v) is 4.71. The van der Waals surface area contributed by atoms with Crippen LogP contribution in [0.4, 0.5) is 5.69 Å². The Kier molecular flexibility index (Phi) is 5.14. The minimum absolute atomic E-state index is 0.161. The molecule has 1 amide bonds. The number of hydrogen-bond acceptors (Lipinski definition) is 4. The van der Waals surface area contributed by atoms with Crippen LogP contribution in [0.2, 0.25) is 0 Å². The number of amides is 1. The summed E-state index contributed by atoms with van der Waals surface area (Å²) in [6.45, 7) is 1.82. The normalized spacial score (nSPS) is 9.91. The van der Waals surface area contributed by atoms with Crippen LogP contribution in [-0.2, 0) is 9.53 Å². The number of benzene rings is 2. The second-order valence-electron chi connectivity index (χ2n) is 4.71. The zero-order valence-electron chi connectivity index (χ0n) is 12.5. The van der Waals surface area contributed by atoms with Gasteiger partial charge in [-0.25, -0.2) is 4.79 Å². The summed E-state index contributed by atoms with van der Waals surface area (Å²) < 4.78 is 9.70. The zero-order valence-corrected chi connectivity index (χ0v) is 12.5. The third kappa shape index (κ3) is 4.34. The molecule has 0 aliphatic heterocycles. The molecule has 0 saturated heterocycles. The average Bonchev–Trinajstić information content (AvgIpc) is 2.55. The number of carbonyl (C=O) groups is 2. The van der Waals surface area contributed by atoms with Gasteiger partial charge in [0.05, 0.1) is 7.11 Å². The van der Waals surface area contributed by atoms with Gasteiger partial charge in [-0.15, -0.1) is 0 Å². The highest BCUT2D eigenvalue weighted by molar-refractivity contribution is 6.04. The predicted octanol–water partition coefficient (Wildman–Crippen LogP) is 2.80. The van der Waals surface area contributed by atoms with Crippen molar-refractivity contribution >= 4 is 17.6 Å². The van der Waals surface area contributed by atoms with Gasteiger partial charge in [0.1, 0.15) is 5.75 Å². The largest absolute Gasteiger partial charge is 0.482 e. The quantitative estimate of drug-likeness (QED) is 0.862. The van der Waals surface area contributed by atoms with Crippen LogP contribution in [-0.4, -0.2) is 25.6 Å². The van der Waals surface area contributed by atoms with Crippen molar-refractivity contribution in [2.45, 2.75) is 6.92 Å². The number of rotatable bonds is 5. The Bertz CT molecular complexity index is 647. The van der Waals surface area contributed by atoms with Crippen molar-refractivity contribution in [3.05, 3.63) is 59.7 Å². The van der Waals surface area contributed by atoms with Crippen LogP contribution >= 0.6 is 0 Å². The minimum Gasteiger partial charge on any atom is -0.482 e. The molecule has 0 saturated carbocycles. The number of carbonyl (C=O) groups excluding carboxylic acids is 2. The topological polar surface area (TPSA) is 64.6 Å². The molecule has 0 atom stereocenters. The van der Waals surface area contributed by atoms with Crippen molar-refractivity contribution in [1.82, 2.24) is 0 Å². The third-order valence-electron chi connectivity index (χ3n) is 3.01. The van der Waals surface area contributed by atoms with E-state index in [1.807, 2.05) is 31.2 Å². The molecule has 0 heterocycles. The highest BCUT2D eigenvalue weighted by Gasteiger charge is 2.07. The van der Waals surface area contributed by atoms with Gasteiger partial charge in [-0.1, -0.05) is 17.7 Å². The maximum absolute atomic E-state index is 12.1. The van der Waals surface area contributed by atoms with E-state index in [4.69, 9.17) is 4.74 Å². The maximum Gasteiger partial charge on any atom is 0.343 e. The fraction of sp³-hybridized carbons (Fsp3) is 0.176. The first kappa shape index (κ1) is 15.6. The molecule has 2 aromatic rings. The highest BCUT2D eigenvalue weighted by atomic mass is 16.6. The summed E-state index contributed by atoms with van der Waals surface area (Å²) in [5, 5.41) is 2.81. The maximum atomic E-state index is 12.1. The van der Waals surface area contributed by atoms with Crippen LogP contribution in [0.1, 0.15) is 15.9 Å². The number of esters is 1. The van der Waals surface area contributed by atoms with Crippen molar-refractivity contribution < 1.29 is 19.1 Å². The Morgan fingerprint density at radius 1 is 1.00 bits per heavy atom. The number of methoxy groups -OCH3 is 1. The van der Waals surface area contributed by atoms with E-state index in [9.17, 15) is 9.59 Å². The lowest BCUT2D eigenvalue weighted by Crippen LogP contribution is -2.13. The summed E-state index contributed by atoms with van der Waals surface area (Å²) in [6, 6.07) is 14.1. The lowest BCUT2D eigenvalue weighted by Gasteiger charge is -2.07. The SMILES string of the molecule is COC(=O)COc1ccc(C(=O)Nc2ccc(C)cc2)cc1. The van der Waals surface area contributed by atoms with Gasteiger partial charge in [0.2, 0.25) is 0 Å². The van der Waals surface area contributed by atoms with Crippen LogP contribution in [0.25, 0.3) is 0 Å². The molecule has 5 nitrogen and oxygen atoms in total. The first-order valence-electron chi connectivity index (χ1n) is 6.76. The summed E-state index contributed by atoms with van der Waals surface area (Å²) in [4.78, 5) is 23.1. The van der Waals surface area contributed by atoms with Crippen molar-refractivity contribution in [1.29, 1.82) is 0 Å². The summed E-state index contributed by atoms with van der Waals surface area (Å²) in [6.07, 6.45) is 0. The zero-order chi connectivity index (χ0) is 15.9. The van der Waals surface area contributed by atoms with E-state index < -0.39 is 5.97 Å². The predicted molar refractivity (Wildman–Crippen MR) is 83.1 cm³/mol. The van der Waals surface area contributed by atoms with E-state index in [-0.39, 0.29) is 12.5 Å². The average molecular weight is 299 g/mol. The Morgan fingerprint density at radius 2 is 1.64 bits per heavy atom. The van der Waals surface area contributed by atoms with Crippen molar-refractivity contribution in [2.24, 2.45) is 0 Å². The monoisotopic (exact) mass is 299 g/mol. The van der Waals surface area contributed by atoms with Crippen LogP contribution in [0.15, 0.2) is 48.5 Å². The van der Waals surface area contributed by atoms with Crippen LogP contribution in [0, 0.1) is 6.92 Å². The number of aryl methyl sites for hydroxylation is 1. The molecule has 2 rings (SSSR count). The van der Waals surface area contributed by atoms with E-state index >= 15 is 0 Å². The minimum atomic E-state index is -0.457. The summed E-state index contributed by atoms with van der Waals surface area (Å²) >= 11 is 0. The molecule has 0 fully saturated rings. The Labute approximate surface area is 128 Å². The summed E-state index contributed by atoms with van der Waals surface area (Å²) in [7, 11) is 1.30. The van der Waals surface area contributed by atoms with Crippen molar-refractivity contribution in [3.8, 4) is 5.75 Å². The Hall–Kier alpha value is -2.82. The molecule has 0 aliphatic carbocycles. The van der Waals surface area contributed by atoms with Crippen molar-refractivity contribution in [3.63, 3.8) is 0 Å². The number of anilines is 1. The molecule has 2 aromatic carbocycles. The van der Waals surface area contributed by atoms with Gasteiger partial charge in [-0.2, -0.15) is 0 Å². The first-order chi connectivity index (χ1) is 10.6. The molecule has 114 valence electrons. The molecule has 0 unspecified atom stereocenters. The fourth-order valence-corrected chi connectivity index (χ4v) is 1.74. The molecule has 5 heteroatoms. The molecule has 22 heavy (non-hydrogen) atoms. The van der Waals surface area contributed by atoms with E-state index in [2.05, 4.69) is 10.1 Å². The molecule has 0 spiro atoms. The molecule has 1 N–H and O–H groups in total. The standard InChI is InChI=1S/C17H17NO4/c1-12-3-7-14(8-4-12)18-17(20)13-5-9-15(10-6-13)22-11-16(19)21-2/h3-10H,11H2,1-2H3,(H,18,20). The van der Waals surface area contributed by atoms with Gasteiger partial charge in [-0.05, 0) is 43.3 Å². The smallest absolute Gasteiger partial charge is 0.343 e. The molecular weight excluding hydrogens is 282 g/mol. The van der Waals surface area contributed by atoms with Gasteiger partial charge in [-0.3, -0.25) is 4.79 Å². The summed E-state index contributed by atoms with van der Waals surface area (Å²) in [5.41, 5.74) is 2.37. The first-order valence-corrected chi connectivity index (χ1v) is 6.76. The van der Waals surface area contributed by atoms with Gasteiger partial charge >= 0.3 is 5.97 Å². The van der Waals surface area contributed by atoms with E-state index in [1.165, 1.54) is 7.11 Å². The fourth-order valence-electron chi connectivity index (χ4n) is 1.74. The van der Waals surface area contributed by atoms with Crippen LogP contribution < -0.4 is 10.1 Å². The lowest BCUT2D eigenvalue weighted by molar-refractivity contribution is -0.142. The van der Waals surface area contributed by atoms with E-state index in [1.54, 1.807) is 24.3 Å². The van der Waals surface area contributed by atoms with Gasteiger partial charge in [0.15, 0.2) is 6.61 Å². The van der Waals surface area contributed by atoms with Crippen molar-refractivity contribution in [2.75, 3.05) is 19.0 Å². The van der Waals surface area contributed by atoms with Gasteiger partial charge in [0.25, 0.3) is 5.91 Å². The van der Waals surface area contributed by atoms with Crippen LogP contribution in [0.3, 0.4) is 0 Å². The Morgan fingerprint density at radius 3 is 2.23 bits per heavy atom. The number of nitrogens with one attached hydrogen (secondary N) is 1. The highest BCUT2D eigenvalue weighted by Crippen LogP contribution is 2.15. The van der Waals surface area contributed by atoms with Gasteiger partial charge in [0, 0.05) is 11.3 Å². The molecule has 0 bridgehead atoms. The lowest BCUT2D eigenvalue weighted by atomic mass is 10.2. The third-order valence-corrected chi connectivity index (χ3v) is 3.01. The molecule has 0 aliphatic rings.